The molecule has 0 aliphatic carbocycles. The quantitative estimate of drug-likeness (QED) is 0.103. The normalized spacial score (nSPS) is 21.0. The number of aromatic nitrogens is 3. The van der Waals surface area contributed by atoms with E-state index in [0.29, 0.717) is 11.5 Å². The van der Waals surface area contributed by atoms with Crippen molar-refractivity contribution in [1.82, 2.24) is 24.8 Å². The Morgan fingerprint density at radius 1 is 1.48 bits per heavy atom. The summed E-state index contributed by atoms with van der Waals surface area (Å²) >= 11 is 9.17. The molecule has 4 heterocycles. The molecule has 2 aromatic heterocycles. The van der Waals surface area contributed by atoms with Gasteiger partial charge in [0, 0.05) is 16.9 Å². The maximum atomic E-state index is 12.8. The Morgan fingerprint density at radius 2 is 2.29 bits per heavy atom. The monoisotopic (exact) mass is 515 g/mol. The van der Waals surface area contributed by atoms with E-state index in [1.54, 1.807) is 6.20 Å². The fraction of sp³-hybridized carbons (Fsp3) is 0.267. The van der Waals surface area contributed by atoms with Crippen molar-refractivity contribution in [2.45, 2.75) is 15.6 Å². The van der Waals surface area contributed by atoms with Crippen LogP contribution in [0.4, 0.5) is 5.13 Å². The summed E-state index contributed by atoms with van der Waals surface area (Å²) in [5.74, 6) is -0.239. The second-order valence-corrected chi connectivity index (χ2v) is 10.6. The molecule has 1 saturated heterocycles. The number of nitrogens with one attached hydrogen (secondary N) is 1. The number of amides is 2. The first-order valence-corrected chi connectivity index (χ1v) is 12.6. The van der Waals surface area contributed by atoms with Crippen molar-refractivity contribution in [2.75, 3.05) is 17.2 Å². The van der Waals surface area contributed by atoms with Crippen LogP contribution in [0.3, 0.4) is 0 Å². The van der Waals surface area contributed by atoms with E-state index in [0.717, 1.165) is 21.1 Å². The number of oxime groups is 1. The molecule has 0 radical (unpaired) electrons. The van der Waals surface area contributed by atoms with Crippen LogP contribution in [0.1, 0.15) is 5.69 Å². The minimum Gasteiger partial charge on any atom is -0.410 e. The number of fused-ring (bicyclic) bond motifs is 1. The van der Waals surface area contributed by atoms with Crippen molar-refractivity contribution in [3.8, 4) is 0 Å². The van der Waals surface area contributed by atoms with E-state index in [2.05, 4.69) is 37.7 Å². The van der Waals surface area contributed by atoms with Gasteiger partial charge in [0.2, 0.25) is 5.12 Å². The summed E-state index contributed by atoms with van der Waals surface area (Å²) in [5.41, 5.74) is 6.31. The largest absolute Gasteiger partial charge is 0.410 e. The van der Waals surface area contributed by atoms with Crippen LogP contribution in [0.2, 0.25) is 0 Å². The molecule has 162 valence electrons. The summed E-state index contributed by atoms with van der Waals surface area (Å²) in [7, 11) is 0. The highest BCUT2D eigenvalue weighted by atomic mass is 32.2. The van der Waals surface area contributed by atoms with E-state index in [-0.39, 0.29) is 22.2 Å². The fourth-order valence-electron chi connectivity index (χ4n) is 2.99. The average Bonchev–Trinajstić information content (AvgIpc) is 3.42. The number of hydrogen-bond donors (Lipinski definition) is 4. The number of nitrogen functional groups attached to an aromatic ring is 1. The van der Waals surface area contributed by atoms with Crippen LogP contribution in [-0.4, -0.2) is 70.2 Å². The van der Waals surface area contributed by atoms with Gasteiger partial charge in [-0.3, -0.25) is 19.3 Å². The van der Waals surface area contributed by atoms with E-state index >= 15 is 0 Å². The van der Waals surface area contributed by atoms with E-state index in [4.69, 9.17) is 5.73 Å². The lowest BCUT2D eigenvalue weighted by molar-refractivity contribution is -0.146. The predicted octanol–water partition coefficient (Wildman–Crippen LogP) is 0.658. The van der Waals surface area contributed by atoms with Gasteiger partial charge < -0.3 is 16.3 Å². The molecule has 2 aliphatic heterocycles. The molecule has 1 fully saturated rings. The van der Waals surface area contributed by atoms with Crippen LogP contribution in [0.25, 0.3) is 0 Å². The maximum absolute atomic E-state index is 12.8. The summed E-state index contributed by atoms with van der Waals surface area (Å²) < 4.78 is 4.69. The van der Waals surface area contributed by atoms with E-state index < -0.39 is 28.3 Å². The molecule has 0 bridgehead atoms. The molecular weight excluding hydrogens is 503 g/mol. The van der Waals surface area contributed by atoms with E-state index in [9.17, 15) is 19.6 Å². The molecule has 0 spiro atoms. The third-order valence-electron chi connectivity index (χ3n) is 4.35. The highest BCUT2D eigenvalue weighted by Crippen LogP contribution is 2.42. The Hall–Kier alpha value is -2.14. The van der Waals surface area contributed by atoms with Gasteiger partial charge in [-0.25, -0.2) is 4.98 Å². The number of hydrogen-bond acceptors (Lipinski definition) is 13. The smallest absolute Gasteiger partial charge is 0.276 e. The lowest BCUT2D eigenvalue weighted by Crippen LogP contribution is -2.71. The third-order valence-corrected chi connectivity index (χ3v) is 8.49. The van der Waals surface area contributed by atoms with Gasteiger partial charge in [0.25, 0.3) is 11.8 Å². The van der Waals surface area contributed by atoms with Crippen molar-refractivity contribution in [3.63, 3.8) is 0 Å². The van der Waals surface area contributed by atoms with Gasteiger partial charge in [0.05, 0.1) is 6.20 Å². The molecule has 2 atom stereocenters. The van der Waals surface area contributed by atoms with Crippen molar-refractivity contribution in [2.24, 2.45) is 5.16 Å². The van der Waals surface area contributed by atoms with Crippen LogP contribution in [0.15, 0.2) is 32.2 Å². The van der Waals surface area contributed by atoms with Crippen LogP contribution in [-0.2, 0) is 14.4 Å². The molecule has 11 nitrogen and oxygen atoms in total. The van der Waals surface area contributed by atoms with Crippen molar-refractivity contribution in [1.29, 1.82) is 0 Å². The number of anilines is 1. The number of β-lactam (4-membered cyclic amide) rings is 1. The Morgan fingerprint density at radius 3 is 2.90 bits per heavy atom. The Bertz CT molecular complexity index is 1100. The molecule has 0 aromatic carbocycles. The van der Waals surface area contributed by atoms with Crippen LogP contribution < -0.4 is 11.1 Å². The number of rotatable bonds is 7. The maximum Gasteiger partial charge on any atom is 0.276 e. The summed E-state index contributed by atoms with van der Waals surface area (Å²) in [5, 5.41) is 19.2. The van der Waals surface area contributed by atoms with Gasteiger partial charge in [-0.1, -0.05) is 22.3 Å². The van der Waals surface area contributed by atoms with Crippen molar-refractivity contribution >= 4 is 86.8 Å². The number of carbonyl (C=O) groups is 3. The summed E-state index contributed by atoms with van der Waals surface area (Å²) in [6, 6.07) is -0.882. The predicted molar refractivity (Wildman–Crippen MR) is 122 cm³/mol. The van der Waals surface area contributed by atoms with E-state index in [1.165, 1.54) is 45.3 Å². The first-order chi connectivity index (χ1) is 14.9. The summed E-state index contributed by atoms with van der Waals surface area (Å²) in [6.07, 6.45) is 1.63. The second kappa shape index (κ2) is 9.15. The SMILES string of the molecule is Nc1nc(/C(=N\O)C(=O)N[C@@H]2C(=O)N3C(C(=O)S)=C(CSc4cnns4)CS[C@H]23)cs1. The van der Waals surface area contributed by atoms with Gasteiger partial charge in [-0.05, 0) is 17.1 Å². The number of nitrogens with two attached hydrogens (primary N) is 1. The van der Waals surface area contributed by atoms with Crippen LogP contribution >= 0.6 is 59.0 Å². The number of thioether (sulfide) groups is 2. The molecule has 0 saturated carbocycles. The Kier molecular flexibility index (Phi) is 6.52. The summed E-state index contributed by atoms with van der Waals surface area (Å²) in [4.78, 5) is 42.8. The second-order valence-electron chi connectivity index (χ2n) is 6.16. The van der Waals surface area contributed by atoms with E-state index in [1.807, 2.05) is 0 Å². The lowest BCUT2D eigenvalue weighted by atomic mass is 10.0. The van der Waals surface area contributed by atoms with Gasteiger partial charge in [0.1, 0.15) is 27.0 Å². The lowest BCUT2D eigenvalue weighted by Gasteiger charge is -2.49. The standard InChI is InChI=1S/C15H13N7O4S5/c16-15-18-6(4-30-15)8(20-26)11(23)19-9-12(24)22-10(14(25)27)5(3-29-13(9)22)2-28-7-1-17-21-31-7/h1,4,9,13,26H,2-3H2,(H2,16,18)(H,19,23)(H,25,27)/b20-8+/t9-,13-/m1/s1. The first kappa shape index (κ1) is 22.1. The highest BCUT2D eigenvalue weighted by Gasteiger charge is 2.53. The zero-order valence-electron chi connectivity index (χ0n) is 15.3. The zero-order chi connectivity index (χ0) is 22.1. The molecule has 2 aliphatic rings. The topological polar surface area (TPSA) is 164 Å². The Labute approximate surface area is 197 Å². The van der Waals surface area contributed by atoms with Crippen molar-refractivity contribution in [3.05, 3.63) is 28.5 Å². The molecule has 4 N–H and O–H groups in total. The molecule has 0 unspecified atom stereocenters. The van der Waals surface area contributed by atoms with Gasteiger partial charge in [-0.2, -0.15) is 0 Å². The van der Waals surface area contributed by atoms with Gasteiger partial charge in [0.15, 0.2) is 10.8 Å². The number of nitrogens with zero attached hydrogens (tertiary/aromatic N) is 5. The van der Waals surface area contributed by atoms with Crippen molar-refractivity contribution < 1.29 is 19.6 Å². The Balaban J connectivity index is 1.48. The number of carbonyl (C=O) groups excluding carboxylic acids is 3. The van der Waals surface area contributed by atoms with Gasteiger partial charge >= 0.3 is 0 Å². The molecule has 4 rings (SSSR count). The summed E-state index contributed by atoms with van der Waals surface area (Å²) in [6.45, 7) is 0. The molecule has 31 heavy (non-hydrogen) atoms. The fourth-order valence-corrected chi connectivity index (χ4v) is 6.72. The average molecular weight is 516 g/mol. The minimum atomic E-state index is -0.882. The number of thiol groups is 1. The third kappa shape index (κ3) is 4.30. The molecule has 2 amide bonds. The molecular formula is C15H13N7O4S5. The molecule has 2 aromatic rings. The highest BCUT2D eigenvalue weighted by molar-refractivity contribution is 8.02. The zero-order valence-corrected chi connectivity index (χ0v) is 19.4. The van der Waals surface area contributed by atoms with Crippen LogP contribution in [0.5, 0.6) is 0 Å². The number of thiazole rings is 1. The first-order valence-electron chi connectivity index (χ1n) is 8.45. The van der Waals surface area contributed by atoms with Crippen LogP contribution in [0, 0.1) is 0 Å². The van der Waals surface area contributed by atoms with Gasteiger partial charge in [-0.15, -0.1) is 40.0 Å². The molecule has 16 heteroatoms. The minimum absolute atomic E-state index is 0.102.